The number of benzene rings is 1. The van der Waals surface area contributed by atoms with E-state index in [0.29, 0.717) is 29.9 Å². The third-order valence-corrected chi connectivity index (χ3v) is 7.36. The normalized spacial score (nSPS) is 14.8. The second kappa shape index (κ2) is 12.7. The van der Waals surface area contributed by atoms with Crippen molar-refractivity contribution in [1.29, 1.82) is 0 Å². The van der Waals surface area contributed by atoms with Gasteiger partial charge in [-0.05, 0) is 81.8 Å². The van der Waals surface area contributed by atoms with Crippen LogP contribution in [-0.4, -0.2) is 48.3 Å². The highest BCUT2D eigenvalue weighted by molar-refractivity contribution is 5.84. The Morgan fingerprint density at radius 2 is 1.85 bits per heavy atom. The quantitative estimate of drug-likeness (QED) is 0.229. The molecule has 7 nitrogen and oxygen atoms in total. The first-order valence-electron chi connectivity index (χ1n) is 14.0. The molecule has 0 aliphatic carbocycles. The molecule has 0 bridgehead atoms. The number of hydrogen-bond donors (Lipinski definition) is 1. The zero-order valence-electron chi connectivity index (χ0n) is 24.5. The van der Waals surface area contributed by atoms with Gasteiger partial charge in [-0.25, -0.2) is 4.39 Å². The van der Waals surface area contributed by atoms with Gasteiger partial charge < -0.3 is 19.7 Å². The van der Waals surface area contributed by atoms with E-state index in [1.54, 1.807) is 25.3 Å². The molecule has 2 aromatic heterocycles. The largest absolute Gasteiger partial charge is 0.492 e. The lowest BCUT2D eigenvalue weighted by molar-refractivity contribution is -0.146. The van der Waals surface area contributed by atoms with Crippen LogP contribution < -0.4 is 15.0 Å². The van der Waals surface area contributed by atoms with Crippen molar-refractivity contribution in [1.82, 2.24) is 9.97 Å². The molecule has 40 heavy (non-hydrogen) atoms. The molecule has 1 aliphatic heterocycles. The molecule has 3 aromatic rings. The Balaban J connectivity index is 1.52. The molecule has 0 amide bonds. The number of aromatic nitrogens is 2. The number of aryl methyl sites for hydroxylation is 2. The first-order valence-corrected chi connectivity index (χ1v) is 14.0. The molecule has 1 aromatic carbocycles. The van der Waals surface area contributed by atoms with Crippen molar-refractivity contribution in [2.24, 2.45) is 5.41 Å². The Kier molecular flexibility index (Phi) is 9.28. The summed E-state index contributed by atoms with van der Waals surface area (Å²) in [6, 6.07) is 8.70. The van der Waals surface area contributed by atoms with Gasteiger partial charge in [0.1, 0.15) is 18.2 Å². The van der Waals surface area contributed by atoms with Crippen LogP contribution in [0.4, 0.5) is 15.8 Å². The van der Waals surface area contributed by atoms with Crippen molar-refractivity contribution in [3.63, 3.8) is 0 Å². The van der Waals surface area contributed by atoms with Crippen LogP contribution in [0.2, 0.25) is 0 Å². The summed E-state index contributed by atoms with van der Waals surface area (Å²) in [5, 5.41) is 3.32. The second-order valence-corrected chi connectivity index (χ2v) is 11.6. The Morgan fingerprint density at radius 3 is 2.50 bits per heavy atom. The summed E-state index contributed by atoms with van der Waals surface area (Å²) in [7, 11) is 0. The minimum atomic E-state index is -0.249. The van der Waals surface area contributed by atoms with Crippen molar-refractivity contribution < 1.29 is 18.7 Å². The Labute approximate surface area is 237 Å². The Bertz CT molecular complexity index is 1310. The number of piperidine rings is 1. The van der Waals surface area contributed by atoms with Gasteiger partial charge in [0, 0.05) is 42.7 Å². The first kappa shape index (κ1) is 29.3. The molecule has 214 valence electrons. The number of carbonyl (C=O) groups is 1. The fraction of sp³-hybridized carbons (Fsp3) is 0.469. The average Bonchev–Trinajstić information content (AvgIpc) is 2.90. The van der Waals surface area contributed by atoms with Gasteiger partial charge in [-0.15, -0.1) is 0 Å². The van der Waals surface area contributed by atoms with Crippen LogP contribution in [-0.2, 0) is 16.0 Å². The highest BCUT2D eigenvalue weighted by Crippen LogP contribution is 2.39. The van der Waals surface area contributed by atoms with Crippen molar-refractivity contribution >= 4 is 17.3 Å². The molecule has 0 saturated carbocycles. The van der Waals surface area contributed by atoms with Crippen molar-refractivity contribution in [3.05, 3.63) is 65.4 Å². The van der Waals surface area contributed by atoms with E-state index in [9.17, 15) is 9.18 Å². The number of esters is 1. The van der Waals surface area contributed by atoms with Crippen LogP contribution in [0.3, 0.4) is 0 Å². The number of anilines is 2. The minimum Gasteiger partial charge on any atom is -0.492 e. The summed E-state index contributed by atoms with van der Waals surface area (Å²) in [5.74, 6) is 0.152. The van der Waals surface area contributed by atoms with Gasteiger partial charge in [-0.2, -0.15) is 0 Å². The molecule has 0 spiro atoms. The number of halogens is 1. The van der Waals surface area contributed by atoms with Gasteiger partial charge >= 0.3 is 5.97 Å². The maximum absolute atomic E-state index is 13.5. The van der Waals surface area contributed by atoms with E-state index in [2.05, 4.69) is 29.0 Å². The number of nitrogens with zero attached hydrogens (tertiary/aromatic N) is 3. The SMILES string of the molecule is Cc1cc(OCCNc2ccc(-c3cnc(C)c(CC(=O)OC(C)C)c3N3CCC(C)(C)CC3)nc2)ccc1F. The smallest absolute Gasteiger partial charge is 0.310 e. The van der Waals surface area contributed by atoms with E-state index in [0.717, 1.165) is 59.8 Å². The summed E-state index contributed by atoms with van der Waals surface area (Å²) in [5.41, 5.74) is 6.20. The molecular formula is C32H41FN4O3. The van der Waals surface area contributed by atoms with Crippen LogP contribution in [0.1, 0.15) is 57.4 Å². The number of nitrogens with one attached hydrogen (secondary N) is 1. The lowest BCUT2D eigenvalue weighted by Crippen LogP contribution is -2.38. The molecule has 0 radical (unpaired) electrons. The standard InChI is InChI=1S/C32H41FN4O3/c1-21(2)40-30(38)18-26-23(4)35-20-27(31(26)37-14-11-32(5,6)12-15-37)29-10-7-24(19-36-29)34-13-16-39-25-8-9-28(33)22(3)17-25/h7-10,17,19-21,34H,11-16,18H2,1-6H3. The zero-order chi connectivity index (χ0) is 28.9. The molecule has 3 heterocycles. The first-order chi connectivity index (χ1) is 19.0. The number of rotatable bonds is 10. The van der Waals surface area contributed by atoms with E-state index >= 15 is 0 Å². The maximum Gasteiger partial charge on any atom is 0.310 e. The van der Waals surface area contributed by atoms with Crippen molar-refractivity contribution in [2.45, 2.75) is 66.9 Å². The maximum atomic E-state index is 13.5. The highest BCUT2D eigenvalue weighted by atomic mass is 19.1. The van der Waals surface area contributed by atoms with Crippen LogP contribution in [0.15, 0.2) is 42.7 Å². The number of ether oxygens (including phenoxy) is 2. The zero-order valence-corrected chi connectivity index (χ0v) is 24.5. The molecule has 8 heteroatoms. The van der Waals surface area contributed by atoms with Crippen LogP contribution in [0.5, 0.6) is 5.75 Å². The monoisotopic (exact) mass is 548 g/mol. The molecule has 4 rings (SSSR count). The van der Waals surface area contributed by atoms with Crippen LogP contribution in [0, 0.1) is 25.1 Å². The molecule has 1 saturated heterocycles. The van der Waals surface area contributed by atoms with Gasteiger partial charge in [-0.3, -0.25) is 14.8 Å². The lowest BCUT2D eigenvalue weighted by Gasteiger charge is -2.40. The third-order valence-electron chi connectivity index (χ3n) is 7.36. The van der Waals surface area contributed by atoms with E-state index < -0.39 is 0 Å². The van der Waals surface area contributed by atoms with Crippen LogP contribution in [0.25, 0.3) is 11.3 Å². The fourth-order valence-corrected chi connectivity index (χ4v) is 4.91. The van der Waals surface area contributed by atoms with Crippen molar-refractivity contribution in [3.8, 4) is 17.0 Å². The molecule has 1 aliphatic rings. The van der Waals surface area contributed by atoms with Gasteiger partial charge in [0.2, 0.25) is 0 Å². The minimum absolute atomic E-state index is 0.171. The average molecular weight is 549 g/mol. The summed E-state index contributed by atoms with van der Waals surface area (Å²) < 4.78 is 24.7. The summed E-state index contributed by atoms with van der Waals surface area (Å²) in [6.07, 6.45) is 5.81. The van der Waals surface area contributed by atoms with Gasteiger partial charge in [0.15, 0.2) is 0 Å². The molecule has 1 fully saturated rings. The second-order valence-electron chi connectivity index (χ2n) is 11.6. The van der Waals surface area contributed by atoms with E-state index in [1.807, 2.05) is 39.1 Å². The van der Waals surface area contributed by atoms with Gasteiger partial charge in [-0.1, -0.05) is 13.8 Å². The predicted octanol–water partition coefficient (Wildman–Crippen LogP) is 6.51. The van der Waals surface area contributed by atoms with Crippen molar-refractivity contribution in [2.75, 3.05) is 36.5 Å². The van der Waals surface area contributed by atoms with Gasteiger partial charge in [0.25, 0.3) is 0 Å². The molecular weight excluding hydrogens is 507 g/mol. The van der Waals surface area contributed by atoms with E-state index in [1.165, 1.54) is 6.07 Å². The molecule has 0 unspecified atom stereocenters. The summed E-state index contributed by atoms with van der Waals surface area (Å²) >= 11 is 0. The Hall–Kier alpha value is -3.68. The lowest BCUT2D eigenvalue weighted by atomic mass is 9.82. The summed E-state index contributed by atoms with van der Waals surface area (Å²) in [4.78, 5) is 24.5. The third kappa shape index (κ3) is 7.49. The number of carbonyl (C=O) groups excluding carboxylic acids is 1. The van der Waals surface area contributed by atoms with E-state index in [-0.39, 0.29) is 24.3 Å². The molecule has 1 N–H and O–H groups in total. The topological polar surface area (TPSA) is 76.6 Å². The number of pyridine rings is 2. The fourth-order valence-electron chi connectivity index (χ4n) is 4.91. The van der Waals surface area contributed by atoms with Crippen LogP contribution >= 0.6 is 0 Å². The predicted molar refractivity (Wildman–Crippen MR) is 157 cm³/mol. The van der Waals surface area contributed by atoms with E-state index in [4.69, 9.17) is 14.5 Å². The van der Waals surface area contributed by atoms with Gasteiger partial charge in [0.05, 0.1) is 35.8 Å². The Morgan fingerprint density at radius 1 is 1.10 bits per heavy atom. The summed E-state index contributed by atoms with van der Waals surface area (Å²) in [6.45, 7) is 14.8. The highest BCUT2D eigenvalue weighted by Gasteiger charge is 2.30. The number of hydrogen-bond acceptors (Lipinski definition) is 7. The molecule has 0 atom stereocenters.